The fourth-order valence-electron chi connectivity index (χ4n) is 2.69. The molecule has 1 fully saturated rings. The average Bonchev–Trinajstić information content (AvgIpc) is 2.90. The lowest BCUT2D eigenvalue weighted by molar-refractivity contribution is -0.160. The first-order valence-electron chi connectivity index (χ1n) is 6.91. The van der Waals surface area contributed by atoms with Gasteiger partial charge in [-0.3, -0.25) is 4.79 Å². The summed E-state index contributed by atoms with van der Waals surface area (Å²) in [6.07, 6.45) is 0.998. The third-order valence-electron chi connectivity index (χ3n) is 3.73. The summed E-state index contributed by atoms with van der Waals surface area (Å²) in [5, 5.41) is 10.0. The van der Waals surface area contributed by atoms with Crippen LogP contribution in [0.5, 0.6) is 5.75 Å². The smallest absolute Gasteiger partial charge is 0.332 e. The van der Waals surface area contributed by atoms with Crippen LogP contribution < -0.4 is 4.74 Å². The zero-order valence-electron chi connectivity index (χ0n) is 12.3. The normalized spacial score (nSPS) is 20.9. The van der Waals surface area contributed by atoms with Crippen LogP contribution in [0.3, 0.4) is 0 Å². The highest BCUT2D eigenvalue weighted by molar-refractivity contribution is 6.30. The number of benzene rings is 1. The van der Waals surface area contributed by atoms with E-state index >= 15 is 0 Å². The molecule has 1 aliphatic rings. The van der Waals surface area contributed by atoms with Gasteiger partial charge in [0.15, 0.2) is 12.1 Å². The third-order valence-corrected chi connectivity index (χ3v) is 3.96. The van der Waals surface area contributed by atoms with Crippen LogP contribution in [0.2, 0.25) is 5.02 Å². The fourth-order valence-corrected chi connectivity index (χ4v) is 2.88. The minimum atomic E-state index is -1.30. The maximum atomic E-state index is 12.3. The summed E-state index contributed by atoms with van der Waals surface area (Å²) in [5.41, 5.74) is -1.30. The number of amides is 1. The molecule has 6 nitrogen and oxygen atoms in total. The van der Waals surface area contributed by atoms with Crippen molar-refractivity contribution in [1.29, 1.82) is 0 Å². The van der Waals surface area contributed by atoms with Crippen LogP contribution in [-0.2, 0) is 14.3 Å². The zero-order chi connectivity index (χ0) is 16.2. The van der Waals surface area contributed by atoms with Crippen molar-refractivity contribution in [3.8, 4) is 5.75 Å². The molecular weight excluding hydrogens is 310 g/mol. The molecule has 2 rings (SSSR count). The number of carboxylic acids is 1. The Bertz CT molecular complexity index is 565. The van der Waals surface area contributed by atoms with E-state index < -0.39 is 11.5 Å². The van der Waals surface area contributed by atoms with E-state index in [1.165, 1.54) is 12.0 Å². The van der Waals surface area contributed by atoms with Crippen LogP contribution in [-0.4, -0.2) is 54.3 Å². The Hall–Kier alpha value is -1.79. The first kappa shape index (κ1) is 16.6. The van der Waals surface area contributed by atoms with Crippen molar-refractivity contribution >= 4 is 23.5 Å². The summed E-state index contributed by atoms with van der Waals surface area (Å²) in [7, 11) is 1.42. The second-order valence-electron chi connectivity index (χ2n) is 5.16. The molecule has 1 atom stereocenters. The molecule has 1 aromatic carbocycles. The molecular formula is C15H18ClNO5. The second kappa shape index (κ2) is 6.98. The first-order valence-corrected chi connectivity index (χ1v) is 7.28. The monoisotopic (exact) mass is 327 g/mol. The molecule has 0 aliphatic carbocycles. The Balaban J connectivity index is 2.06. The number of carbonyl (C=O) groups excluding carboxylic acids is 1. The summed E-state index contributed by atoms with van der Waals surface area (Å²) < 4.78 is 10.4. The summed E-state index contributed by atoms with van der Waals surface area (Å²) in [5.74, 6) is -0.965. The van der Waals surface area contributed by atoms with Crippen molar-refractivity contribution < 1.29 is 24.2 Å². The van der Waals surface area contributed by atoms with Gasteiger partial charge < -0.3 is 19.5 Å². The van der Waals surface area contributed by atoms with E-state index in [1.807, 2.05) is 0 Å². The summed E-state index contributed by atoms with van der Waals surface area (Å²) in [6.45, 7) is 0.109. The first-order chi connectivity index (χ1) is 10.5. The van der Waals surface area contributed by atoms with Crippen molar-refractivity contribution in [2.24, 2.45) is 0 Å². The van der Waals surface area contributed by atoms with Crippen LogP contribution in [0.15, 0.2) is 24.3 Å². The van der Waals surface area contributed by atoms with Crippen LogP contribution in [0.25, 0.3) is 0 Å². The number of hydrogen-bond acceptors (Lipinski definition) is 4. The molecule has 0 spiro atoms. The number of likely N-dealkylation sites (tertiary alicyclic amines) is 1. The van der Waals surface area contributed by atoms with Gasteiger partial charge in [-0.15, -0.1) is 0 Å². The van der Waals surface area contributed by atoms with Crippen molar-refractivity contribution in [1.82, 2.24) is 4.90 Å². The van der Waals surface area contributed by atoms with Crippen LogP contribution in [0.4, 0.5) is 0 Å². The highest BCUT2D eigenvalue weighted by atomic mass is 35.5. The molecule has 0 saturated carbocycles. The van der Waals surface area contributed by atoms with E-state index in [-0.39, 0.29) is 19.1 Å². The number of halogens is 1. The van der Waals surface area contributed by atoms with Crippen LogP contribution in [0.1, 0.15) is 12.8 Å². The standard InChI is InChI=1S/C15H18ClNO5/c1-21-10-15(14(19)20)6-3-7-17(15)13(18)9-22-12-5-2-4-11(16)8-12/h2,4-5,8H,3,6-7,9-10H2,1H3,(H,19,20). The van der Waals surface area contributed by atoms with Crippen molar-refractivity contribution in [2.45, 2.75) is 18.4 Å². The van der Waals surface area contributed by atoms with Gasteiger partial charge in [0.05, 0.1) is 6.61 Å². The van der Waals surface area contributed by atoms with E-state index in [4.69, 9.17) is 21.1 Å². The molecule has 0 bridgehead atoms. The van der Waals surface area contributed by atoms with Gasteiger partial charge in [-0.05, 0) is 31.0 Å². The average molecular weight is 328 g/mol. The quantitative estimate of drug-likeness (QED) is 0.862. The van der Waals surface area contributed by atoms with E-state index in [0.29, 0.717) is 30.2 Å². The van der Waals surface area contributed by atoms with Crippen LogP contribution >= 0.6 is 11.6 Å². The molecule has 22 heavy (non-hydrogen) atoms. The SMILES string of the molecule is COCC1(C(=O)O)CCCN1C(=O)COc1cccc(Cl)c1. The second-order valence-corrected chi connectivity index (χ2v) is 5.60. The van der Waals surface area contributed by atoms with E-state index in [2.05, 4.69) is 0 Å². The number of hydrogen-bond donors (Lipinski definition) is 1. The maximum absolute atomic E-state index is 12.3. The fraction of sp³-hybridized carbons (Fsp3) is 0.467. The lowest BCUT2D eigenvalue weighted by Gasteiger charge is -2.34. The van der Waals surface area contributed by atoms with Crippen molar-refractivity contribution in [2.75, 3.05) is 26.9 Å². The van der Waals surface area contributed by atoms with Gasteiger partial charge in [-0.2, -0.15) is 0 Å². The lowest BCUT2D eigenvalue weighted by Crippen LogP contribution is -2.57. The predicted octanol–water partition coefficient (Wildman–Crippen LogP) is 1.81. The molecule has 0 aromatic heterocycles. The molecule has 120 valence electrons. The number of rotatable bonds is 6. The van der Waals surface area contributed by atoms with E-state index in [9.17, 15) is 14.7 Å². The van der Waals surface area contributed by atoms with E-state index in [1.54, 1.807) is 24.3 Å². The van der Waals surface area contributed by atoms with Gasteiger partial charge in [0, 0.05) is 18.7 Å². The van der Waals surface area contributed by atoms with Crippen LogP contribution in [0, 0.1) is 0 Å². The molecule has 7 heteroatoms. The number of carbonyl (C=O) groups is 2. The summed E-state index contributed by atoms with van der Waals surface area (Å²) in [6, 6.07) is 6.69. The largest absolute Gasteiger partial charge is 0.484 e. The molecule has 1 aromatic rings. The minimum absolute atomic E-state index is 0.0365. The van der Waals surface area contributed by atoms with E-state index in [0.717, 1.165) is 0 Å². The van der Waals surface area contributed by atoms with Gasteiger partial charge in [-0.25, -0.2) is 4.79 Å². The van der Waals surface area contributed by atoms with Gasteiger partial charge in [0.2, 0.25) is 0 Å². The number of carboxylic acid groups (broad SMARTS) is 1. The Morgan fingerprint density at radius 3 is 2.86 bits per heavy atom. The number of nitrogens with zero attached hydrogens (tertiary/aromatic N) is 1. The highest BCUT2D eigenvalue weighted by Crippen LogP contribution is 2.30. The molecule has 1 saturated heterocycles. The lowest BCUT2D eigenvalue weighted by atomic mass is 9.97. The Labute approximate surface area is 133 Å². The zero-order valence-corrected chi connectivity index (χ0v) is 13.0. The van der Waals surface area contributed by atoms with Gasteiger partial charge in [0.25, 0.3) is 5.91 Å². The summed E-state index contributed by atoms with van der Waals surface area (Å²) in [4.78, 5) is 25.3. The molecule has 1 aliphatic heterocycles. The highest BCUT2D eigenvalue weighted by Gasteiger charge is 2.50. The molecule has 1 unspecified atom stereocenters. The Morgan fingerprint density at radius 1 is 1.45 bits per heavy atom. The summed E-state index contributed by atoms with van der Waals surface area (Å²) >= 11 is 5.85. The Morgan fingerprint density at radius 2 is 2.23 bits per heavy atom. The van der Waals surface area contributed by atoms with Crippen molar-refractivity contribution in [3.63, 3.8) is 0 Å². The molecule has 1 N–H and O–H groups in total. The number of methoxy groups -OCH3 is 1. The Kier molecular flexibility index (Phi) is 5.26. The van der Waals surface area contributed by atoms with Gasteiger partial charge >= 0.3 is 5.97 Å². The number of ether oxygens (including phenoxy) is 2. The third kappa shape index (κ3) is 3.34. The topological polar surface area (TPSA) is 76.1 Å². The molecule has 1 heterocycles. The minimum Gasteiger partial charge on any atom is -0.484 e. The van der Waals surface area contributed by atoms with Crippen molar-refractivity contribution in [3.05, 3.63) is 29.3 Å². The maximum Gasteiger partial charge on any atom is 0.332 e. The number of aliphatic carboxylic acids is 1. The molecule has 1 amide bonds. The predicted molar refractivity (Wildman–Crippen MR) is 80.1 cm³/mol. The van der Waals surface area contributed by atoms with Gasteiger partial charge in [0.1, 0.15) is 5.75 Å². The van der Waals surface area contributed by atoms with Gasteiger partial charge in [-0.1, -0.05) is 17.7 Å². The molecule has 0 radical (unpaired) electrons.